The molecule has 0 spiro atoms. The summed E-state index contributed by atoms with van der Waals surface area (Å²) in [4.78, 5) is 107. The molecule has 0 aliphatic heterocycles. The van der Waals surface area contributed by atoms with Gasteiger partial charge in [0.25, 0.3) is 0 Å². The number of aryl methyl sites for hydroxylation is 8. The third kappa shape index (κ3) is 17.3. The number of rotatable bonds is 8. The summed E-state index contributed by atoms with van der Waals surface area (Å²) < 4.78 is 49.7. The number of benzene rings is 8. The van der Waals surface area contributed by atoms with E-state index >= 15 is 0 Å². The Morgan fingerprint density at radius 2 is 0.250 bits per heavy atom. The highest BCUT2D eigenvalue weighted by Gasteiger charge is 2.29. The molecule has 0 atom stereocenters. The van der Waals surface area contributed by atoms with Crippen molar-refractivity contribution >= 4 is 47.8 Å². The van der Waals surface area contributed by atoms with Crippen molar-refractivity contribution in [3.05, 3.63) is 231 Å². The molecule has 96 heavy (non-hydrogen) atoms. The summed E-state index contributed by atoms with van der Waals surface area (Å²) >= 11 is 0. The molecule has 496 valence electrons. The molecule has 0 amide bonds. The average molecular weight is 1300 g/mol. The van der Waals surface area contributed by atoms with Crippen molar-refractivity contribution in [2.45, 2.75) is 162 Å². The molecule has 16 bridgehead atoms. The van der Waals surface area contributed by atoms with E-state index in [1.54, 1.807) is 0 Å². The predicted octanol–water partition coefficient (Wildman–Crippen LogP) is 14.6. The number of hydrogen-bond acceptors (Lipinski definition) is 16. The molecule has 0 heterocycles. The zero-order valence-corrected chi connectivity index (χ0v) is 57.4. The molecule has 8 aromatic carbocycles. The summed E-state index contributed by atoms with van der Waals surface area (Å²) in [6.07, 6.45) is 0.794. The minimum Gasteiger partial charge on any atom is -0.426 e. The van der Waals surface area contributed by atoms with E-state index in [2.05, 4.69) is 0 Å². The Kier molecular flexibility index (Phi) is 21.4. The van der Waals surface area contributed by atoms with Gasteiger partial charge in [-0.1, -0.05) is 142 Å². The van der Waals surface area contributed by atoms with Crippen LogP contribution in [0, 0.1) is 55.4 Å². The lowest BCUT2D eigenvalue weighted by molar-refractivity contribution is -0.133. The summed E-state index contributed by atoms with van der Waals surface area (Å²) in [6.45, 7) is 25.8. The summed E-state index contributed by atoms with van der Waals surface area (Å²) in [7, 11) is 0. The summed E-state index contributed by atoms with van der Waals surface area (Å²) in [5.74, 6) is -2.74. The van der Waals surface area contributed by atoms with Crippen molar-refractivity contribution in [1.29, 1.82) is 0 Å². The zero-order valence-electron chi connectivity index (χ0n) is 57.4. The SMILES string of the molecule is CC(=O)Oc1c2cc(C)cc1Cc1cc(C)cc(c1OC(C)=O)Cc1cc(C)cc(c1OC(C)=O)Cc1cc(C)cc(c1OC(C)=O)Cc1cc(C)cc(c1OC(C)=O)Cc1cc(C)cc(c1OC(C)=O)Cc1cc(C)cc(c1OC(C)=O)Cc1cc(C)cc(c1OC(C)=O)C2. The second kappa shape index (κ2) is 29.4. The van der Waals surface area contributed by atoms with Crippen molar-refractivity contribution in [2.24, 2.45) is 0 Å². The summed E-state index contributed by atoms with van der Waals surface area (Å²) in [6, 6.07) is 30.5. The molecule has 0 fully saturated rings. The molecule has 0 N–H and O–H groups in total. The van der Waals surface area contributed by atoms with Crippen molar-refractivity contribution in [2.75, 3.05) is 0 Å². The van der Waals surface area contributed by atoms with Crippen LogP contribution in [0.2, 0.25) is 0 Å². The second-order valence-electron chi connectivity index (χ2n) is 25.5. The Bertz CT molecular complexity index is 3500. The second-order valence-corrected chi connectivity index (χ2v) is 25.5. The molecule has 1 aliphatic carbocycles. The van der Waals surface area contributed by atoms with Gasteiger partial charge in [0.15, 0.2) is 0 Å². The van der Waals surface area contributed by atoms with Gasteiger partial charge in [-0.15, -0.1) is 0 Å². The fraction of sp³-hybridized carbons (Fsp3) is 0.300. The van der Waals surface area contributed by atoms with Gasteiger partial charge in [0.2, 0.25) is 0 Å². The van der Waals surface area contributed by atoms with Gasteiger partial charge in [-0.3, -0.25) is 38.4 Å². The van der Waals surface area contributed by atoms with Crippen LogP contribution in [0.3, 0.4) is 0 Å². The standard InChI is InChI=1S/C80H80O16/c1-41-17-57-33-59-19-42(2)21-61(74(59)90-50(10)82)35-63-23-44(4)25-65(76(63)92-52(12)84)37-67-27-46(6)29-69(78(67)94-54(14)86)39-71-31-48(8)32-72(80(71)96-56(16)88)40-70-30-47(7)28-68(79(70)95-55(15)87)38-66-26-45(5)24-64(77(66)93-53(13)85)36-62-22-43(3)20-60(75(62)91-51(11)83)34-58(18-41)73(57)89-49(9)81/h17-32H,33-40H2,1-16H3. The maximum absolute atomic E-state index is 13.4. The lowest BCUT2D eigenvalue weighted by Gasteiger charge is -2.22. The van der Waals surface area contributed by atoms with Crippen LogP contribution in [0.25, 0.3) is 0 Å². The Labute approximate surface area is 560 Å². The van der Waals surface area contributed by atoms with Crippen molar-refractivity contribution in [1.82, 2.24) is 0 Å². The van der Waals surface area contributed by atoms with Crippen LogP contribution in [-0.2, 0) is 89.7 Å². The first-order valence-electron chi connectivity index (χ1n) is 31.8. The molecule has 0 radical (unpaired) electrons. The molecule has 16 heteroatoms. The number of esters is 8. The lowest BCUT2D eigenvalue weighted by atomic mass is 9.88. The van der Waals surface area contributed by atoms with Crippen molar-refractivity contribution < 1.29 is 76.3 Å². The number of hydrogen-bond donors (Lipinski definition) is 0. The molecule has 0 saturated heterocycles. The molecular weight excluding hydrogens is 1220 g/mol. The molecule has 0 unspecified atom stereocenters. The number of fused-ring (bicyclic) bond motifs is 16. The normalized spacial score (nSPS) is 12.2. The zero-order chi connectivity index (χ0) is 69.7. The third-order valence-corrected chi connectivity index (χ3v) is 16.1. The molecule has 1 aliphatic rings. The Hall–Kier alpha value is -10.5. The van der Waals surface area contributed by atoms with E-state index in [0.717, 1.165) is 44.5 Å². The summed E-state index contributed by atoms with van der Waals surface area (Å²) in [5.41, 5.74) is 15.8. The molecule has 8 aromatic rings. The minimum absolute atomic E-state index is 0.0992. The van der Waals surface area contributed by atoms with Crippen LogP contribution >= 0.6 is 0 Å². The van der Waals surface area contributed by atoms with E-state index in [-0.39, 0.29) is 97.4 Å². The van der Waals surface area contributed by atoms with Crippen LogP contribution in [0.5, 0.6) is 46.0 Å². The molecule has 0 saturated carbocycles. The molecule has 16 nitrogen and oxygen atoms in total. The predicted molar refractivity (Wildman–Crippen MR) is 362 cm³/mol. The third-order valence-electron chi connectivity index (χ3n) is 16.1. The van der Waals surface area contributed by atoms with Gasteiger partial charge in [0.05, 0.1) is 0 Å². The van der Waals surface area contributed by atoms with Crippen LogP contribution in [0.15, 0.2) is 97.1 Å². The topological polar surface area (TPSA) is 210 Å². The maximum atomic E-state index is 13.4. The van der Waals surface area contributed by atoms with E-state index in [0.29, 0.717) is 89.0 Å². The van der Waals surface area contributed by atoms with Gasteiger partial charge in [-0.05, 0) is 144 Å². The Balaban J connectivity index is 1.35. The highest BCUT2D eigenvalue weighted by atomic mass is 16.6. The van der Waals surface area contributed by atoms with E-state index in [1.165, 1.54) is 55.4 Å². The summed E-state index contributed by atoms with van der Waals surface area (Å²) in [5, 5.41) is 0. The van der Waals surface area contributed by atoms with Crippen LogP contribution in [0.4, 0.5) is 0 Å². The van der Waals surface area contributed by atoms with Crippen LogP contribution in [0.1, 0.15) is 189 Å². The van der Waals surface area contributed by atoms with E-state index in [1.807, 2.05) is 152 Å². The fourth-order valence-corrected chi connectivity index (χ4v) is 13.4. The lowest BCUT2D eigenvalue weighted by Crippen LogP contribution is -2.13. The average Bonchev–Trinajstić information content (AvgIpc) is 0.793. The highest BCUT2D eigenvalue weighted by Crippen LogP contribution is 2.44. The number of carbonyl (C=O) groups excluding carboxylic acids is 8. The van der Waals surface area contributed by atoms with Gasteiger partial charge >= 0.3 is 47.8 Å². The monoisotopic (exact) mass is 1300 g/mol. The highest BCUT2D eigenvalue weighted by molar-refractivity contribution is 5.78. The first-order valence-corrected chi connectivity index (χ1v) is 31.8. The van der Waals surface area contributed by atoms with Crippen molar-refractivity contribution in [3.8, 4) is 46.0 Å². The van der Waals surface area contributed by atoms with Crippen LogP contribution < -0.4 is 37.9 Å². The molecular formula is C80H80O16. The smallest absolute Gasteiger partial charge is 0.308 e. The van der Waals surface area contributed by atoms with E-state index in [9.17, 15) is 38.4 Å². The quantitative estimate of drug-likeness (QED) is 0.102. The fourth-order valence-electron chi connectivity index (χ4n) is 13.4. The number of carbonyl (C=O) groups is 8. The Morgan fingerprint density at radius 3 is 0.312 bits per heavy atom. The van der Waals surface area contributed by atoms with Gasteiger partial charge in [0, 0.05) is 107 Å². The van der Waals surface area contributed by atoms with Crippen LogP contribution in [-0.4, -0.2) is 47.8 Å². The van der Waals surface area contributed by atoms with Gasteiger partial charge in [-0.2, -0.15) is 0 Å². The van der Waals surface area contributed by atoms with E-state index < -0.39 is 47.8 Å². The van der Waals surface area contributed by atoms with E-state index in [4.69, 9.17) is 37.9 Å². The largest absolute Gasteiger partial charge is 0.426 e. The molecule has 0 aromatic heterocycles. The minimum atomic E-state index is -0.594. The first-order chi connectivity index (χ1) is 45.3. The first kappa shape index (κ1) is 69.9. The number of ether oxygens (including phenoxy) is 8. The van der Waals surface area contributed by atoms with Crippen molar-refractivity contribution in [3.63, 3.8) is 0 Å². The van der Waals surface area contributed by atoms with Gasteiger partial charge in [0.1, 0.15) is 46.0 Å². The van der Waals surface area contributed by atoms with Gasteiger partial charge in [-0.25, -0.2) is 0 Å². The van der Waals surface area contributed by atoms with Gasteiger partial charge < -0.3 is 37.9 Å². The Morgan fingerprint density at radius 1 is 0.177 bits per heavy atom. The molecule has 9 rings (SSSR count). The maximum Gasteiger partial charge on any atom is 0.308 e.